The topological polar surface area (TPSA) is 72.4 Å². The number of hydrogen-bond acceptors (Lipinski definition) is 4. The molecule has 0 saturated heterocycles. The van der Waals surface area contributed by atoms with Crippen LogP contribution >= 0.6 is 11.6 Å². The van der Waals surface area contributed by atoms with Gasteiger partial charge in [0.25, 0.3) is 0 Å². The lowest BCUT2D eigenvalue weighted by atomic mass is 10.1. The van der Waals surface area contributed by atoms with Gasteiger partial charge < -0.3 is 10.3 Å². The van der Waals surface area contributed by atoms with Crippen molar-refractivity contribution < 1.29 is 4.79 Å². The fourth-order valence-electron chi connectivity index (χ4n) is 2.80. The molecule has 0 fully saturated rings. The van der Waals surface area contributed by atoms with Crippen molar-refractivity contribution in [2.45, 2.75) is 19.5 Å². The molecule has 0 radical (unpaired) electrons. The van der Waals surface area contributed by atoms with Crippen molar-refractivity contribution >= 4 is 23.1 Å². The van der Waals surface area contributed by atoms with Gasteiger partial charge in [-0.25, -0.2) is 0 Å². The van der Waals surface area contributed by atoms with Gasteiger partial charge in [0.15, 0.2) is 0 Å². The van der Waals surface area contributed by atoms with Crippen molar-refractivity contribution in [2.24, 2.45) is 17.9 Å². The molecule has 1 aliphatic heterocycles. The van der Waals surface area contributed by atoms with Crippen LogP contribution in [0, 0.1) is 6.92 Å². The molecule has 0 bridgehead atoms. The minimum atomic E-state index is -0.244. The number of nitrogens with one attached hydrogen (secondary N) is 1. The fraction of sp³-hybridized carbons (Fsp3) is 0.222. The maximum atomic E-state index is 12.8. The Morgan fingerprint density at radius 3 is 2.71 bits per heavy atom. The van der Waals surface area contributed by atoms with Crippen LogP contribution in [-0.2, 0) is 13.5 Å². The Morgan fingerprint density at radius 1 is 1.38 bits per heavy atom. The van der Waals surface area contributed by atoms with Crippen LogP contribution < -0.4 is 11.2 Å². The molecule has 124 valence electrons. The van der Waals surface area contributed by atoms with Gasteiger partial charge in [-0.15, -0.1) is 0 Å². The number of hydrogen-bond donors (Lipinski definition) is 2. The fourth-order valence-corrected chi connectivity index (χ4v) is 2.92. The number of rotatable bonds is 4. The van der Waals surface area contributed by atoms with Crippen molar-refractivity contribution in [3.8, 4) is 0 Å². The highest BCUT2D eigenvalue weighted by Gasteiger charge is 2.19. The van der Waals surface area contributed by atoms with Gasteiger partial charge in [-0.3, -0.25) is 10.2 Å². The molecule has 1 aromatic carbocycles. The molecule has 1 aliphatic rings. The minimum Gasteiger partial charge on any atom is -0.344 e. The highest BCUT2D eigenvalue weighted by Crippen LogP contribution is 2.20. The zero-order valence-corrected chi connectivity index (χ0v) is 14.3. The summed E-state index contributed by atoms with van der Waals surface area (Å²) >= 11 is 5.90. The van der Waals surface area contributed by atoms with Gasteiger partial charge >= 0.3 is 0 Å². The van der Waals surface area contributed by atoms with Gasteiger partial charge in [-0.1, -0.05) is 11.6 Å². The molecule has 1 aromatic heterocycles. The van der Waals surface area contributed by atoms with Crippen molar-refractivity contribution in [1.82, 2.24) is 9.99 Å². The number of aryl methyl sites for hydroxylation is 1. The summed E-state index contributed by atoms with van der Waals surface area (Å²) in [6, 6.07) is 8.97. The van der Waals surface area contributed by atoms with Crippen LogP contribution in [0.2, 0.25) is 5.02 Å². The SMILES string of the molecule is Cc1cc(CC2=NNC(N)C=C2)n(C)c1C(=O)c1ccc(Cl)cc1. The lowest BCUT2D eigenvalue weighted by Crippen LogP contribution is -2.35. The number of carbonyl (C=O) groups excluding carboxylic acids is 1. The molecule has 0 aliphatic carbocycles. The molecule has 6 heteroatoms. The molecular weight excluding hydrogens is 324 g/mol. The molecule has 1 atom stereocenters. The average molecular weight is 343 g/mol. The maximum absolute atomic E-state index is 12.8. The number of aromatic nitrogens is 1. The molecular formula is C18H19ClN4O. The molecule has 24 heavy (non-hydrogen) atoms. The molecule has 0 saturated carbocycles. The maximum Gasteiger partial charge on any atom is 0.209 e. The van der Waals surface area contributed by atoms with Gasteiger partial charge in [-0.05, 0) is 55.0 Å². The van der Waals surface area contributed by atoms with E-state index >= 15 is 0 Å². The minimum absolute atomic E-state index is 0.0146. The first-order valence-electron chi connectivity index (χ1n) is 7.67. The highest BCUT2D eigenvalue weighted by molar-refractivity contribution is 6.30. The van der Waals surface area contributed by atoms with Gasteiger partial charge in [-0.2, -0.15) is 5.10 Å². The summed E-state index contributed by atoms with van der Waals surface area (Å²) in [4.78, 5) is 12.8. The Kier molecular flexibility index (Phi) is 4.55. The largest absolute Gasteiger partial charge is 0.344 e. The summed E-state index contributed by atoms with van der Waals surface area (Å²) in [5.74, 6) is -0.0146. The second kappa shape index (κ2) is 6.63. The summed E-state index contributed by atoms with van der Waals surface area (Å²) in [7, 11) is 1.90. The number of ketones is 1. The molecule has 3 N–H and O–H groups in total. The molecule has 2 aromatic rings. The molecule has 5 nitrogen and oxygen atoms in total. The van der Waals surface area contributed by atoms with Crippen LogP contribution in [0.4, 0.5) is 0 Å². The second-order valence-corrected chi connectivity index (χ2v) is 6.29. The summed E-state index contributed by atoms with van der Waals surface area (Å²) in [5, 5.41) is 4.85. The summed E-state index contributed by atoms with van der Waals surface area (Å²) in [6.07, 6.45) is 4.15. The molecule has 2 heterocycles. The Bertz CT molecular complexity index is 833. The number of nitrogens with zero attached hydrogens (tertiary/aromatic N) is 2. The van der Waals surface area contributed by atoms with E-state index in [-0.39, 0.29) is 11.9 Å². The van der Waals surface area contributed by atoms with Crippen LogP contribution in [0.5, 0.6) is 0 Å². The monoisotopic (exact) mass is 342 g/mol. The summed E-state index contributed by atoms with van der Waals surface area (Å²) in [5.41, 5.74) is 12.7. The molecule has 3 rings (SSSR count). The van der Waals surface area contributed by atoms with E-state index in [2.05, 4.69) is 10.5 Å². The van der Waals surface area contributed by atoms with Crippen molar-refractivity contribution in [1.29, 1.82) is 0 Å². The van der Waals surface area contributed by atoms with E-state index in [1.54, 1.807) is 24.3 Å². The molecule has 1 unspecified atom stereocenters. The number of hydrazone groups is 1. The summed E-state index contributed by atoms with van der Waals surface area (Å²) in [6.45, 7) is 1.94. The van der Waals surface area contributed by atoms with Crippen molar-refractivity contribution in [2.75, 3.05) is 0 Å². The first-order chi connectivity index (χ1) is 11.5. The highest BCUT2D eigenvalue weighted by atomic mass is 35.5. The average Bonchev–Trinajstić information content (AvgIpc) is 2.83. The quantitative estimate of drug-likeness (QED) is 0.839. The Hall–Kier alpha value is -2.37. The van der Waals surface area contributed by atoms with E-state index in [0.29, 0.717) is 22.7 Å². The Labute approximate surface area is 145 Å². The first-order valence-corrected chi connectivity index (χ1v) is 8.05. The molecule has 0 spiro atoms. The lowest BCUT2D eigenvalue weighted by Gasteiger charge is -2.14. The van der Waals surface area contributed by atoms with Gasteiger partial charge in [0.2, 0.25) is 5.78 Å². The van der Waals surface area contributed by atoms with Crippen LogP contribution in [0.1, 0.15) is 27.3 Å². The smallest absolute Gasteiger partial charge is 0.209 e. The van der Waals surface area contributed by atoms with Crippen molar-refractivity contribution in [3.05, 3.63) is 70.0 Å². The third-order valence-electron chi connectivity index (χ3n) is 4.06. The Balaban J connectivity index is 1.88. The number of benzene rings is 1. The number of halogens is 1. The summed E-state index contributed by atoms with van der Waals surface area (Å²) < 4.78 is 1.93. The first kappa shape index (κ1) is 16.5. The van der Waals surface area contributed by atoms with Crippen LogP contribution in [0.3, 0.4) is 0 Å². The zero-order chi connectivity index (χ0) is 17.3. The van der Waals surface area contributed by atoms with Crippen LogP contribution in [-0.4, -0.2) is 22.2 Å². The number of carbonyl (C=O) groups is 1. The standard InChI is InChI=1S/C18H19ClN4O/c1-11-9-15(10-14-7-8-16(20)22-21-14)23(2)17(11)18(24)12-3-5-13(19)6-4-12/h3-9,16,22H,10,20H2,1-2H3. The lowest BCUT2D eigenvalue weighted by molar-refractivity contribution is 0.103. The van der Waals surface area contributed by atoms with E-state index in [9.17, 15) is 4.79 Å². The Morgan fingerprint density at radius 2 is 2.08 bits per heavy atom. The van der Waals surface area contributed by atoms with E-state index in [4.69, 9.17) is 17.3 Å². The predicted molar refractivity (Wildman–Crippen MR) is 96.4 cm³/mol. The zero-order valence-electron chi connectivity index (χ0n) is 13.6. The second-order valence-electron chi connectivity index (χ2n) is 5.86. The number of allylic oxidation sites excluding steroid dienone is 1. The van der Waals surface area contributed by atoms with E-state index < -0.39 is 0 Å². The predicted octanol–water partition coefficient (Wildman–Crippen LogP) is 2.56. The van der Waals surface area contributed by atoms with Gasteiger partial charge in [0, 0.05) is 29.7 Å². The normalized spacial score (nSPS) is 16.7. The van der Waals surface area contributed by atoms with E-state index in [0.717, 1.165) is 17.0 Å². The van der Waals surface area contributed by atoms with E-state index in [1.165, 1.54) is 0 Å². The molecule has 0 amide bonds. The van der Waals surface area contributed by atoms with Gasteiger partial charge in [0.05, 0.1) is 11.4 Å². The third-order valence-corrected chi connectivity index (χ3v) is 4.31. The van der Waals surface area contributed by atoms with E-state index in [1.807, 2.05) is 36.8 Å². The van der Waals surface area contributed by atoms with Crippen molar-refractivity contribution in [3.63, 3.8) is 0 Å². The third kappa shape index (κ3) is 3.27. The van der Waals surface area contributed by atoms with Gasteiger partial charge in [0.1, 0.15) is 6.17 Å². The van der Waals surface area contributed by atoms with Crippen LogP contribution in [0.25, 0.3) is 0 Å². The number of nitrogens with two attached hydrogens (primary N) is 1. The van der Waals surface area contributed by atoms with Crippen LogP contribution in [0.15, 0.2) is 47.6 Å².